The summed E-state index contributed by atoms with van der Waals surface area (Å²) < 4.78 is 1.03. The molecule has 0 aliphatic carbocycles. The molecule has 2 aromatic heterocycles. The smallest absolute Gasteiger partial charge is 0.131 e. The summed E-state index contributed by atoms with van der Waals surface area (Å²) in [5, 5.41) is 2.10. The van der Waals surface area contributed by atoms with Gasteiger partial charge in [0.2, 0.25) is 0 Å². The summed E-state index contributed by atoms with van der Waals surface area (Å²) in [7, 11) is 2.07. The van der Waals surface area contributed by atoms with Crippen LogP contribution in [0.1, 0.15) is 10.4 Å². The van der Waals surface area contributed by atoms with Gasteiger partial charge in [0.25, 0.3) is 0 Å². The van der Waals surface area contributed by atoms with Gasteiger partial charge in [-0.3, -0.25) is 0 Å². The van der Waals surface area contributed by atoms with Crippen molar-refractivity contribution in [2.24, 2.45) is 0 Å². The van der Waals surface area contributed by atoms with Gasteiger partial charge in [0.05, 0.1) is 6.54 Å². The molecule has 16 heavy (non-hydrogen) atoms. The number of aryl methyl sites for hydroxylation is 1. The third-order valence-corrected chi connectivity index (χ3v) is 3.65. The number of rotatable bonds is 3. The third kappa shape index (κ3) is 2.62. The quantitative estimate of drug-likeness (QED) is 0.855. The zero-order valence-corrected chi connectivity index (χ0v) is 11.7. The first-order valence-corrected chi connectivity index (χ1v) is 6.70. The molecule has 2 heterocycles. The monoisotopic (exact) mass is 296 g/mol. The zero-order valence-electron chi connectivity index (χ0n) is 9.27. The first-order valence-electron chi connectivity index (χ1n) is 5.02. The molecule has 0 aliphatic heterocycles. The molecule has 0 bridgehead atoms. The van der Waals surface area contributed by atoms with Crippen molar-refractivity contribution in [1.29, 1.82) is 0 Å². The van der Waals surface area contributed by atoms with E-state index >= 15 is 0 Å². The number of thiophene rings is 1. The van der Waals surface area contributed by atoms with E-state index in [1.165, 1.54) is 10.4 Å². The molecule has 84 valence electrons. The van der Waals surface area contributed by atoms with E-state index in [-0.39, 0.29) is 0 Å². The SMILES string of the molecule is Cc1cc(Br)cnc1N(C)Cc1cccs1. The van der Waals surface area contributed by atoms with E-state index in [1.54, 1.807) is 11.3 Å². The Balaban J connectivity index is 2.17. The van der Waals surface area contributed by atoms with Crippen LogP contribution >= 0.6 is 27.3 Å². The molecule has 0 saturated carbocycles. The Bertz CT molecular complexity index is 468. The van der Waals surface area contributed by atoms with Crippen LogP contribution in [0.25, 0.3) is 0 Å². The van der Waals surface area contributed by atoms with Crippen LogP contribution in [0.5, 0.6) is 0 Å². The van der Waals surface area contributed by atoms with Crippen molar-refractivity contribution in [3.63, 3.8) is 0 Å². The average Bonchev–Trinajstić information content (AvgIpc) is 2.70. The van der Waals surface area contributed by atoms with E-state index in [1.807, 2.05) is 6.20 Å². The van der Waals surface area contributed by atoms with Gasteiger partial charge in [-0.05, 0) is 45.9 Å². The second-order valence-corrected chi connectivity index (χ2v) is 5.68. The topological polar surface area (TPSA) is 16.1 Å². The summed E-state index contributed by atoms with van der Waals surface area (Å²) in [6, 6.07) is 6.32. The van der Waals surface area contributed by atoms with E-state index in [2.05, 4.69) is 63.4 Å². The van der Waals surface area contributed by atoms with Crippen LogP contribution in [0.4, 0.5) is 5.82 Å². The van der Waals surface area contributed by atoms with Gasteiger partial charge in [-0.15, -0.1) is 11.3 Å². The number of pyridine rings is 1. The summed E-state index contributed by atoms with van der Waals surface area (Å²) in [5.41, 5.74) is 1.19. The van der Waals surface area contributed by atoms with E-state index in [0.717, 1.165) is 16.8 Å². The summed E-state index contributed by atoms with van der Waals surface area (Å²) in [6.07, 6.45) is 1.84. The molecule has 0 fully saturated rings. The lowest BCUT2D eigenvalue weighted by atomic mass is 10.2. The maximum absolute atomic E-state index is 4.44. The fraction of sp³-hybridized carbons (Fsp3) is 0.250. The normalized spacial score (nSPS) is 10.4. The van der Waals surface area contributed by atoms with Crippen LogP contribution in [0.3, 0.4) is 0 Å². The fourth-order valence-electron chi connectivity index (χ4n) is 1.64. The Morgan fingerprint density at radius 1 is 1.50 bits per heavy atom. The summed E-state index contributed by atoms with van der Waals surface area (Å²) in [5.74, 6) is 1.04. The van der Waals surface area contributed by atoms with Gasteiger partial charge in [-0.25, -0.2) is 4.98 Å². The minimum Gasteiger partial charge on any atom is -0.354 e. The number of hydrogen-bond donors (Lipinski definition) is 0. The van der Waals surface area contributed by atoms with Crippen LogP contribution in [0, 0.1) is 6.92 Å². The molecule has 0 aromatic carbocycles. The lowest BCUT2D eigenvalue weighted by Gasteiger charge is -2.19. The summed E-state index contributed by atoms with van der Waals surface area (Å²) in [4.78, 5) is 7.97. The molecule has 2 aromatic rings. The van der Waals surface area contributed by atoms with Crippen molar-refractivity contribution in [3.05, 3.63) is 44.7 Å². The average molecular weight is 297 g/mol. The Kier molecular flexibility index (Phi) is 3.61. The first-order chi connectivity index (χ1) is 7.66. The number of halogens is 1. The molecular formula is C12H13BrN2S. The van der Waals surface area contributed by atoms with Gasteiger partial charge in [0.1, 0.15) is 5.82 Å². The Labute approximate surface area is 108 Å². The second kappa shape index (κ2) is 4.97. The maximum atomic E-state index is 4.44. The molecule has 0 radical (unpaired) electrons. The minimum atomic E-state index is 0.910. The largest absolute Gasteiger partial charge is 0.354 e. The van der Waals surface area contributed by atoms with Crippen molar-refractivity contribution < 1.29 is 0 Å². The predicted octanol–water partition coefficient (Wildman–Crippen LogP) is 3.85. The van der Waals surface area contributed by atoms with Crippen molar-refractivity contribution in [2.45, 2.75) is 13.5 Å². The molecule has 0 aliphatic rings. The van der Waals surface area contributed by atoms with Gasteiger partial charge in [0, 0.05) is 22.6 Å². The lowest BCUT2D eigenvalue weighted by Crippen LogP contribution is -2.18. The minimum absolute atomic E-state index is 0.910. The van der Waals surface area contributed by atoms with Crippen LogP contribution in [-0.2, 0) is 6.54 Å². The molecule has 0 amide bonds. The van der Waals surface area contributed by atoms with Gasteiger partial charge in [-0.1, -0.05) is 6.07 Å². The highest BCUT2D eigenvalue weighted by Gasteiger charge is 2.07. The molecule has 0 unspecified atom stereocenters. The van der Waals surface area contributed by atoms with Crippen molar-refractivity contribution >= 4 is 33.1 Å². The first kappa shape index (κ1) is 11.6. The van der Waals surface area contributed by atoms with Crippen molar-refractivity contribution in [3.8, 4) is 0 Å². The lowest BCUT2D eigenvalue weighted by molar-refractivity contribution is 0.903. The van der Waals surface area contributed by atoms with E-state index in [9.17, 15) is 0 Å². The highest BCUT2D eigenvalue weighted by molar-refractivity contribution is 9.10. The van der Waals surface area contributed by atoms with E-state index < -0.39 is 0 Å². The fourth-order valence-corrected chi connectivity index (χ4v) is 2.85. The van der Waals surface area contributed by atoms with Crippen LogP contribution < -0.4 is 4.90 Å². The van der Waals surface area contributed by atoms with Gasteiger partial charge in [0.15, 0.2) is 0 Å². The van der Waals surface area contributed by atoms with Crippen molar-refractivity contribution in [1.82, 2.24) is 4.98 Å². The standard InChI is InChI=1S/C12H13BrN2S/c1-9-6-10(13)7-14-12(9)15(2)8-11-4-3-5-16-11/h3-7H,8H2,1-2H3. The van der Waals surface area contributed by atoms with Gasteiger partial charge < -0.3 is 4.90 Å². The zero-order chi connectivity index (χ0) is 11.5. The van der Waals surface area contributed by atoms with Gasteiger partial charge in [-0.2, -0.15) is 0 Å². The maximum Gasteiger partial charge on any atom is 0.131 e. The van der Waals surface area contributed by atoms with E-state index in [0.29, 0.717) is 0 Å². The molecular weight excluding hydrogens is 284 g/mol. The molecule has 0 N–H and O–H groups in total. The molecule has 4 heteroatoms. The Morgan fingerprint density at radius 3 is 2.94 bits per heavy atom. The van der Waals surface area contributed by atoms with E-state index in [4.69, 9.17) is 0 Å². The predicted molar refractivity (Wildman–Crippen MR) is 73.1 cm³/mol. The number of anilines is 1. The molecule has 2 nitrogen and oxygen atoms in total. The second-order valence-electron chi connectivity index (χ2n) is 3.73. The summed E-state index contributed by atoms with van der Waals surface area (Å²) in [6.45, 7) is 2.99. The summed E-state index contributed by atoms with van der Waals surface area (Å²) >= 11 is 5.20. The van der Waals surface area contributed by atoms with Gasteiger partial charge >= 0.3 is 0 Å². The number of aromatic nitrogens is 1. The highest BCUT2D eigenvalue weighted by Crippen LogP contribution is 2.22. The van der Waals surface area contributed by atoms with Crippen molar-refractivity contribution in [2.75, 3.05) is 11.9 Å². The number of nitrogens with zero attached hydrogens (tertiary/aromatic N) is 2. The highest BCUT2D eigenvalue weighted by atomic mass is 79.9. The van der Waals surface area contributed by atoms with Crippen LogP contribution in [0.2, 0.25) is 0 Å². The Morgan fingerprint density at radius 2 is 2.31 bits per heavy atom. The Hall–Kier alpha value is -0.870. The molecule has 0 atom stereocenters. The molecule has 2 rings (SSSR count). The van der Waals surface area contributed by atoms with Crippen LogP contribution in [-0.4, -0.2) is 12.0 Å². The molecule has 0 saturated heterocycles. The molecule has 0 spiro atoms. The van der Waals surface area contributed by atoms with Crippen LogP contribution in [0.15, 0.2) is 34.2 Å². The third-order valence-electron chi connectivity index (χ3n) is 2.35. The number of hydrogen-bond acceptors (Lipinski definition) is 3.